The second-order valence-electron chi connectivity index (χ2n) is 5.20. The van der Waals surface area contributed by atoms with Crippen LogP contribution in [0.2, 0.25) is 0 Å². The zero-order chi connectivity index (χ0) is 15.8. The van der Waals surface area contributed by atoms with Gasteiger partial charge in [-0.15, -0.1) is 0 Å². The molecule has 0 saturated heterocycles. The van der Waals surface area contributed by atoms with Gasteiger partial charge < -0.3 is 14.9 Å². The van der Waals surface area contributed by atoms with Crippen molar-refractivity contribution < 1.29 is 19.7 Å². The highest BCUT2D eigenvalue weighted by molar-refractivity contribution is 5.88. The fourth-order valence-electron chi connectivity index (χ4n) is 1.76. The Labute approximate surface area is 125 Å². The standard InChI is InChI=1S/C17H22O4/c1-12(2)5-4-6-13(3)7-8-21-16-10-14(17(19)20)9-15(18)11-16/h5,7,9-11,18H,4,6,8H2,1-3H3,(H,19,20). The molecule has 0 aliphatic carbocycles. The van der Waals surface area contributed by atoms with Crippen LogP contribution in [0.15, 0.2) is 41.5 Å². The number of carbonyl (C=O) groups is 1. The molecular formula is C17H22O4. The van der Waals surface area contributed by atoms with Crippen LogP contribution in [-0.4, -0.2) is 22.8 Å². The smallest absolute Gasteiger partial charge is 0.335 e. The lowest BCUT2D eigenvalue weighted by Crippen LogP contribution is -1.99. The van der Waals surface area contributed by atoms with E-state index in [0.29, 0.717) is 12.4 Å². The van der Waals surface area contributed by atoms with Crippen LogP contribution < -0.4 is 4.74 Å². The summed E-state index contributed by atoms with van der Waals surface area (Å²) in [7, 11) is 0. The van der Waals surface area contributed by atoms with Crippen molar-refractivity contribution in [2.24, 2.45) is 0 Å². The molecule has 21 heavy (non-hydrogen) atoms. The Morgan fingerprint density at radius 1 is 1.19 bits per heavy atom. The van der Waals surface area contributed by atoms with E-state index in [1.165, 1.54) is 29.3 Å². The molecule has 0 heterocycles. The Kier molecular flexibility index (Phi) is 6.53. The van der Waals surface area contributed by atoms with Crippen LogP contribution in [0.4, 0.5) is 0 Å². The van der Waals surface area contributed by atoms with Crippen molar-refractivity contribution in [3.8, 4) is 11.5 Å². The first-order chi connectivity index (χ1) is 9.88. The van der Waals surface area contributed by atoms with Crippen LogP contribution in [0.3, 0.4) is 0 Å². The van der Waals surface area contributed by atoms with Gasteiger partial charge in [0.05, 0.1) is 5.56 Å². The van der Waals surface area contributed by atoms with Crippen LogP contribution in [0.25, 0.3) is 0 Å². The van der Waals surface area contributed by atoms with Crippen LogP contribution in [0, 0.1) is 0 Å². The lowest BCUT2D eigenvalue weighted by molar-refractivity contribution is 0.0696. The van der Waals surface area contributed by atoms with Crippen molar-refractivity contribution in [1.29, 1.82) is 0 Å². The molecule has 0 unspecified atom stereocenters. The molecule has 4 nitrogen and oxygen atoms in total. The van der Waals surface area contributed by atoms with E-state index in [2.05, 4.69) is 19.9 Å². The molecule has 1 aromatic rings. The number of hydrogen-bond acceptors (Lipinski definition) is 3. The fourth-order valence-corrected chi connectivity index (χ4v) is 1.76. The number of ether oxygens (including phenoxy) is 1. The number of aromatic hydroxyl groups is 1. The summed E-state index contributed by atoms with van der Waals surface area (Å²) < 4.78 is 5.46. The molecule has 0 bridgehead atoms. The van der Waals surface area contributed by atoms with Crippen molar-refractivity contribution in [2.75, 3.05) is 6.61 Å². The number of phenols is 1. The van der Waals surface area contributed by atoms with Crippen molar-refractivity contribution in [2.45, 2.75) is 33.6 Å². The van der Waals surface area contributed by atoms with E-state index < -0.39 is 5.97 Å². The second-order valence-corrected chi connectivity index (χ2v) is 5.20. The van der Waals surface area contributed by atoms with E-state index in [4.69, 9.17) is 9.84 Å². The summed E-state index contributed by atoms with van der Waals surface area (Å²) in [4.78, 5) is 10.9. The zero-order valence-electron chi connectivity index (χ0n) is 12.7. The van der Waals surface area contributed by atoms with Gasteiger partial charge in [-0.2, -0.15) is 0 Å². The maximum absolute atomic E-state index is 10.9. The summed E-state index contributed by atoms with van der Waals surface area (Å²) >= 11 is 0. The molecule has 0 fully saturated rings. The highest BCUT2D eigenvalue weighted by Gasteiger charge is 2.07. The zero-order valence-corrected chi connectivity index (χ0v) is 12.7. The second kappa shape index (κ2) is 8.15. The van der Waals surface area contributed by atoms with Crippen LogP contribution in [-0.2, 0) is 0 Å². The van der Waals surface area contributed by atoms with Crippen molar-refractivity contribution >= 4 is 5.97 Å². The number of rotatable bonds is 7. The van der Waals surface area contributed by atoms with Crippen LogP contribution >= 0.6 is 0 Å². The summed E-state index contributed by atoms with van der Waals surface area (Å²) in [5.41, 5.74) is 2.53. The number of carboxylic acid groups (broad SMARTS) is 1. The number of allylic oxidation sites excluding steroid dienone is 3. The average molecular weight is 290 g/mol. The molecular weight excluding hydrogens is 268 g/mol. The number of hydrogen-bond donors (Lipinski definition) is 2. The number of carboxylic acids is 1. The van der Waals surface area contributed by atoms with Gasteiger partial charge in [-0.1, -0.05) is 17.2 Å². The molecule has 1 rings (SSSR count). The van der Waals surface area contributed by atoms with Crippen LogP contribution in [0.1, 0.15) is 44.0 Å². The van der Waals surface area contributed by atoms with E-state index in [-0.39, 0.29) is 11.3 Å². The number of phenolic OH excluding ortho intramolecular Hbond substituents is 1. The molecule has 4 heteroatoms. The minimum atomic E-state index is -1.09. The normalized spacial score (nSPS) is 11.1. The van der Waals surface area contributed by atoms with Gasteiger partial charge in [0.1, 0.15) is 18.1 Å². The largest absolute Gasteiger partial charge is 0.508 e. The third-order valence-corrected chi connectivity index (χ3v) is 2.91. The van der Waals surface area contributed by atoms with Crippen LogP contribution in [0.5, 0.6) is 11.5 Å². The lowest BCUT2D eigenvalue weighted by Gasteiger charge is -2.06. The molecule has 0 radical (unpaired) electrons. The van der Waals surface area contributed by atoms with E-state index >= 15 is 0 Å². The Morgan fingerprint density at radius 2 is 1.90 bits per heavy atom. The average Bonchev–Trinajstić information content (AvgIpc) is 2.37. The SMILES string of the molecule is CC(C)=CCCC(C)=CCOc1cc(O)cc(C(=O)O)c1. The highest BCUT2D eigenvalue weighted by Crippen LogP contribution is 2.22. The van der Waals surface area contributed by atoms with Gasteiger partial charge in [-0.05, 0) is 51.8 Å². The Balaban J connectivity index is 2.55. The van der Waals surface area contributed by atoms with Gasteiger partial charge in [0, 0.05) is 6.07 Å². The topological polar surface area (TPSA) is 66.8 Å². The molecule has 0 atom stereocenters. The first-order valence-corrected chi connectivity index (χ1v) is 6.87. The number of benzene rings is 1. The van der Waals surface area contributed by atoms with Crippen molar-refractivity contribution in [3.05, 3.63) is 47.1 Å². The van der Waals surface area contributed by atoms with Crippen molar-refractivity contribution in [3.63, 3.8) is 0 Å². The maximum Gasteiger partial charge on any atom is 0.335 e. The van der Waals surface area contributed by atoms with Gasteiger partial charge in [-0.25, -0.2) is 4.79 Å². The molecule has 0 amide bonds. The summed E-state index contributed by atoms with van der Waals surface area (Å²) in [5, 5.41) is 18.4. The minimum Gasteiger partial charge on any atom is -0.508 e. The molecule has 0 aromatic heterocycles. The van der Waals surface area contributed by atoms with E-state index in [1.807, 2.05) is 13.0 Å². The summed E-state index contributed by atoms with van der Waals surface area (Å²) in [6.45, 7) is 6.53. The predicted molar refractivity (Wildman–Crippen MR) is 83.0 cm³/mol. The first kappa shape index (κ1) is 16.8. The number of aromatic carboxylic acids is 1. The third-order valence-electron chi connectivity index (χ3n) is 2.91. The summed E-state index contributed by atoms with van der Waals surface area (Å²) in [6, 6.07) is 3.99. The molecule has 0 saturated carbocycles. The summed E-state index contributed by atoms with van der Waals surface area (Å²) in [5.74, 6) is -0.862. The van der Waals surface area contributed by atoms with E-state index in [0.717, 1.165) is 12.8 Å². The van der Waals surface area contributed by atoms with Gasteiger partial charge in [-0.3, -0.25) is 0 Å². The molecule has 2 N–H and O–H groups in total. The molecule has 1 aromatic carbocycles. The predicted octanol–water partition coefficient (Wildman–Crippen LogP) is 4.16. The van der Waals surface area contributed by atoms with E-state index in [9.17, 15) is 9.90 Å². The highest BCUT2D eigenvalue weighted by atomic mass is 16.5. The molecule has 0 spiro atoms. The lowest BCUT2D eigenvalue weighted by atomic mass is 10.1. The van der Waals surface area contributed by atoms with Gasteiger partial charge in [0.25, 0.3) is 0 Å². The minimum absolute atomic E-state index is 0.00857. The molecule has 114 valence electrons. The Hall–Kier alpha value is -2.23. The third kappa shape index (κ3) is 6.65. The first-order valence-electron chi connectivity index (χ1n) is 6.87. The van der Waals surface area contributed by atoms with E-state index in [1.54, 1.807) is 0 Å². The molecule has 0 aliphatic rings. The summed E-state index contributed by atoms with van der Waals surface area (Å²) in [6.07, 6.45) is 6.12. The van der Waals surface area contributed by atoms with Gasteiger partial charge in [0.2, 0.25) is 0 Å². The van der Waals surface area contributed by atoms with Gasteiger partial charge in [0.15, 0.2) is 0 Å². The Bertz CT molecular complexity index is 552. The monoisotopic (exact) mass is 290 g/mol. The van der Waals surface area contributed by atoms with Crippen molar-refractivity contribution in [1.82, 2.24) is 0 Å². The van der Waals surface area contributed by atoms with Gasteiger partial charge >= 0.3 is 5.97 Å². The Morgan fingerprint density at radius 3 is 2.52 bits per heavy atom. The maximum atomic E-state index is 10.9. The quantitative estimate of drug-likeness (QED) is 0.740. The molecule has 0 aliphatic heterocycles. The fraction of sp³-hybridized carbons (Fsp3) is 0.353.